The first-order valence-electron chi connectivity index (χ1n) is 9.86. The molecule has 0 bridgehead atoms. The minimum absolute atomic E-state index is 0.204. The molecule has 1 saturated heterocycles. The van der Waals surface area contributed by atoms with E-state index in [2.05, 4.69) is 19.2 Å². The third-order valence-electron chi connectivity index (χ3n) is 5.13. The molecule has 27 heavy (non-hydrogen) atoms. The Balaban J connectivity index is 2.12. The zero-order chi connectivity index (χ0) is 19.9. The Bertz CT molecular complexity index is 727. The van der Waals surface area contributed by atoms with E-state index in [9.17, 15) is 13.2 Å². The number of nitrogens with one attached hydrogen (secondary N) is 1. The molecule has 2 rings (SSSR count). The number of carbonyl (C=O) groups is 1. The van der Waals surface area contributed by atoms with Gasteiger partial charge in [0.05, 0.1) is 18.1 Å². The molecule has 1 heterocycles. The highest BCUT2D eigenvalue weighted by Crippen LogP contribution is 2.22. The number of ether oxygens (including phenoxy) is 1. The average molecular weight is 397 g/mol. The third-order valence-corrected chi connectivity index (χ3v) is 7.17. The van der Waals surface area contributed by atoms with Crippen LogP contribution < -0.4 is 5.32 Å². The molecule has 7 heteroatoms. The lowest BCUT2D eigenvalue weighted by Crippen LogP contribution is -2.41. The molecular formula is C20H32N2O4S. The van der Waals surface area contributed by atoms with Gasteiger partial charge in [-0.3, -0.25) is 4.79 Å². The van der Waals surface area contributed by atoms with E-state index in [1.54, 1.807) is 19.1 Å². The number of morpholine rings is 1. The molecule has 0 aromatic heterocycles. The summed E-state index contributed by atoms with van der Waals surface area (Å²) in [5.74, 6) is 0.235. The standard InChI is InChI=1S/C20H32N2O4S/c1-4-6-7-17(5-2)15-21-20(23)18-9-8-16(3)19(14-18)27(24,25)22-10-12-26-13-11-22/h8-9,14,17H,4-7,10-13,15H2,1-3H3,(H,21,23)/t17-/m1/s1. The van der Waals surface area contributed by atoms with E-state index in [1.807, 2.05) is 0 Å². The maximum absolute atomic E-state index is 13.0. The van der Waals surface area contributed by atoms with Gasteiger partial charge in [-0.15, -0.1) is 0 Å². The number of nitrogens with zero attached hydrogens (tertiary/aromatic N) is 1. The summed E-state index contributed by atoms with van der Waals surface area (Å²) in [6.45, 7) is 8.14. The van der Waals surface area contributed by atoms with Gasteiger partial charge in [-0.25, -0.2) is 8.42 Å². The van der Waals surface area contributed by atoms with Crippen LogP contribution in [-0.4, -0.2) is 51.5 Å². The Hall–Kier alpha value is -1.44. The predicted octanol–water partition coefficient (Wildman–Crippen LogP) is 2.96. The average Bonchev–Trinajstić information content (AvgIpc) is 2.68. The monoisotopic (exact) mass is 396 g/mol. The van der Waals surface area contributed by atoms with Crippen molar-refractivity contribution in [3.8, 4) is 0 Å². The minimum atomic E-state index is -3.62. The topological polar surface area (TPSA) is 75.7 Å². The smallest absolute Gasteiger partial charge is 0.251 e. The fraction of sp³-hybridized carbons (Fsp3) is 0.650. The molecule has 6 nitrogen and oxygen atoms in total. The Morgan fingerprint density at radius 3 is 2.59 bits per heavy atom. The van der Waals surface area contributed by atoms with Crippen LogP contribution in [-0.2, 0) is 14.8 Å². The molecule has 0 spiro atoms. The normalized spacial score (nSPS) is 16.9. The number of benzene rings is 1. The SMILES string of the molecule is CCCC[C@@H](CC)CNC(=O)c1ccc(C)c(S(=O)(=O)N2CCOCC2)c1. The number of aryl methyl sites for hydroxylation is 1. The maximum atomic E-state index is 13.0. The van der Waals surface area contributed by atoms with Gasteiger partial charge >= 0.3 is 0 Å². The molecule has 1 aromatic rings. The summed E-state index contributed by atoms with van der Waals surface area (Å²) in [5, 5.41) is 2.97. The van der Waals surface area contributed by atoms with Crippen LogP contribution in [0.5, 0.6) is 0 Å². The molecular weight excluding hydrogens is 364 g/mol. The van der Waals surface area contributed by atoms with Gasteiger partial charge in [-0.05, 0) is 37.0 Å². The van der Waals surface area contributed by atoms with Crippen molar-refractivity contribution in [1.82, 2.24) is 9.62 Å². The summed E-state index contributed by atoms with van der Waals surface area (Å²) in [6.07, 6.45) is 4.41. The second-order valence-electron chi connectivity index (χ2n) is 7.12. The lowest BCUT2D eigenvalue weighted by molar-refractivity contribution is 0.0730. The quantitative estimate of drug-likeness (QED) is 0.696. The lowest BCUT2D eigenvalue weighted by Gasteiger charge is -2.26. The number of hydrogen-bond donors (Lipinski definition) is 1. The first-order valence-corrected chi connectivity index (χ1v) is 11.3. The number of rotatable bonds is 9. The lowest BCUT2D eigenvalue weighted by atomic mass is 9.99. The molecule has 1 fully saturated rings. The summed E-state index contributed by atoms with van der Waals surface area (Å²) in [5.41, 5.74) is 1.03. The Kier molecular flexibility index (Phi) is 8.26. The van der Waals surface area contributed by atoms with Gasteiger partial charge in [0, 0.05) is 25.2 Å². The van der Waals surface area contributed by atoms with Crippen LogP contribution in [0.2, 0.25) is 0 Å². The van der Waals surface area contributed by atoms with Gasteiger partial charge < -0.3 is 10.1 Å². The molecule has 152 valence electrons. The largest absolute Gasteiger partial charge is 0.379 e. The van der Waals surface area contributed by atoms with E-state index in [0.29, 0.717) is 49.9 Å². The first-order chi connectivity index (χ1) is 12.9. The van der Waals surface area contributed by atoms with Crippen LogP contribution in [0.4, 0.5) is 0 Å². The van der Waals surface area contributed by atoms with Crippen molar-refractivity contribution in [2.45, 2.75) is 51.3 Å². The number of carbonyl (C=O) groups excluding carboxylic acids is 1. The molecule has 1 N–H and O–H groups in total. The second kappa shape index (κ2) is 10.2. The minimum Gasteiger partial charge on any atom is -0.379 e. The third kappa shape index (κ3) is 5.77. The van der Waals surface area contributed by atoms with E-state index >= 15 is 0 Å². The van der Waals surface area contributed by atoms with Crippen LogP contribution in [0, 0.1) is 12.8 Å². The van der Waals surface area contributed by atoms with Crippen LogP contribution in [0.1, 0.15) is 55.5 Å². The van der Waals surface area contributed by atoms with Crippen molar-refractivity contribution in [3.63, 3.8) is 0 Å². The number of amides is 1. The molecule has 0 aliphatic carbocycles. The highest BCUT2D eigenvalue weighted by Gasteiger charge is 2.28. The highest BCUT2D eigenvalue weighted by atomic mass is 32.2. The molecule has 1 aliphatic rings. The van der Waals surface area contributed by atoms with Gasteiger partial charge in [-0.1, -0.05) is 39.2 Å². The van der Waals surface area contributed by atoms with Crippen molar-refractivity contribution < 1.29 is 17.9 Å². The highest BCUT2D eigenvalue weighted by molar-refractivity contribution is 7.89. The number of hydrogen-bond acceptors (Lipinski definition) is 4. The van der Waals surface area contributed by atoms with Crippen LogP contribution in [0.25, 0.3) is 0 Å². The molecule has 1 atom stereocenters. The fourth-order valence-corrected chi connectivity index (χ4v) is 4.89. The van der Waals surface area contributed by atoms with E-state index in [-0.39, 0.29) is 10.8 Å². The Morgan fingerprint density at radius 1 is 1.26 bits per heavy atom. The van der Waals surface area contributed by atoms with Gasteiger partial charge in [0.15, 0.2) is 0 Å². The van der Waals surface area contributed by atoms with Crippen molar-refractivity contribution in [3.05, 3.63) is 29.3 Å². The van der Waals surface area contributed by atoms with Crippen molar-refractivity contribution in [2.24, 2.45) is 5.92 Å². The van der Waals surface area contributed by atoms with Gasteiger partial charge in [0.2, 0.25) is 10.0 Å². The van der Waals surface area contributed by atoms with E-state index in [1.165, 1.54) is 10.4 Å². The van der Waals surface area contributed by atoms with Gasteiger partial charge in [0.1, 0.15) is 0 Å². The van der Waals surface area contributed by atoms with Gasteiger partial charge in [-0.2, -0.15) is 4.31 Å². The van der Waals surface area contributed by atoms with Gasteiger partial charge in [0.25, 0.3) is 5.91 Å². The molecule has 1 aliphatic heterocycles. The summed E-state index contributed by atoms with van der Waals surface area (Å²) in [7, 11) is -3.62. The zero-order valence-electron chi connectivity index (χ0n) is 16.7. The number of unbranched alkanes of at least 4 members (excludes halogenated alkanes) is 1. The van der Waals surface area contributed by atoms with E-state index in [0.717, 1.165) is 25.7 Å². The zero-order valence-corrected chi connectivity index (χ0v) is 17.5. The Morgan fingerprint density at radius 2 is 1.96 bits per heavy atom. The summed E-state index contributed by atoms with van der Waals surface area (Å²) >= 11 is 0. The van der Waals surface area contributed by atoms with Crippen molar-refractivity contribution in [1.29, 1.82) is 0 Å². The summed E-state index contributed by atoms with van der Waals surface area (Å²) < 4.78 is 32.6. The van der Waals surface area contributed by atoms with E-state index < -0.39 is 10.0 Å². The van der Waals surface area contributed by atoms with E-state index in [4.69, 9.17) is 4.74 Å². The van der Waals surface area contributed by atoms with Crippen LogP contribution >= 0.6 is 0 Å². The molecule has 0 saturated carbocycles. The van der Waals surface area contributed by atoms with Crippen LogP contribution in [0.3, 0.4) is 0 Å². The van der Waals surface area contributed by atoms with Crippen molar-refractivity contribution in [2.75, 3.05) is 32.8 Å². The summed E-state index contributed by atoms with van der Waals surface area (Å²) in [6, 6.07) is 4.90. The summed E-state index contributed by atoms with van der Waals surface area (Å²) in [4.78, 5) is 12.8. The fourth-order valence-electron chi connectivity index (χ4n) is 3.23. The van der Waals surface area contributed by atoms with Crippen molar-refractivity contribution >= 4 is 15.9 Å². The number of sulfonamides is 1. The maximum Gasteiger partial charge on any atom is 0.251 e. The molecule has 1 aromatic carbocycles. The Labute approximate surface area is 163 Å². The molecule has 0 unspecified atom stereocenters. The molecule has 0 radical (unpaired) electrons. The van der Waals surface area contributed by atoms with Crippen LogP contribution in [0.15, 0.2) is 23.1 Å². The first kappa shape index (κ1) is 21.9. The second-order valence-corrected chi connectivity index (χ2v) is 9.03. The molecule has 1 amide bonds. The predicted molar refractivity (Wildman–Crippen MR) is 106 cm³/mol.